The van der Waals surface area contributed by atoms with Crippen LogP contribution >= 0.6 is 0 Å². The molecule has 0 amide bonds. The van der Waals surface area contributed by atoms with Gasteiger partial charge in [0.1, 0.15) is 0 Å². The fourth-order valence-corrected chi connectivity index (χ4v) is 3.79. The molecule has 0 bridgehead atoms. The fraction of sp³-hybridized carbons (Fsp3) is 0.867. The Kier molecular flexibility index (Phi) is 3.73. The molecule has 0 aromatic carbocycles. The lowest BCUT2D eigenvalue weighted by molar-refractivity contribution is -0.00206. The Balaban J connectivity index is 2.12. The van der Waals surface area contributed by atoms with Crippen LogP contribution in [-0.4, -0.2) is 10.7 Å². The third-order valence-corrected chi connectivity index (χ3v) is 4.32. The Morgan fingerprint density at radius 3 is 2.50 bits per heavy atom. The second-order valence-corrected chi connectivity index (χ2v) is 6.21. The minimum atomic E-state index is -0.457. The highest BCUT2D eigenvalue weighted by atomic mass is 16.3. The summed E-state index contributed by atoms with van der Waals surface area (Å²) in [4.78, 5) is 0. The third-order valence-electron chi connectivity index (χ3n) is 4.32. The highest BCUT2D eigenvalue weighted by molar-refractivity contribution is 5.19. The Morgan fingerprint density at radius 2 is 1.81 bits per heavy atom. The predicted molar refractivity (Wildman–Crippen MR) is 68.3 cm³/mol. The zero-order valence-electron chi connectivity index (χ0n) is 10.8. The highest BCUT2D eigenvalue weighted by Gasteiger charge is 2.38. The van der Waals surface area contributed by atoms with Crippen LogP contribution in [0, 0.1) is 11.8 Å². The van der Waals surface area contributed by atoms with E-state index in [4.69, 9.17) is 0 Å². The normalized spacial score (nSPS) is 41.3. The zero-order chi connectivity index (χ0) is 11.6. The van der Waals surface area contributed by atoms with E-state index in [1.54, 1.807) is 0 Å². The van der Waals surface area contributed by atoms with Crippen LogP contribution in [0.15, 0.2) is 11.6 Å². The van der Waals surface area contributed by atoms with Gasteiger partial charge in [-0.25, -0.2) is 0 Å². The summed E-state index contributed by atoms with van der Waals surface area (Å²) >= 11 is 0. The average molecular weight is 222 g/mol. The van der Waals surface area contributed by atoms with Crippen LogP contribution in [0.3, 0.4) is 0 Å². The lowest BCUT2D eigenvalue weighted by Gasteiger charge is -2.41. The van der Waals surface area contributed by atoms with E-state index in [1.165, 1.54) is 37.7 Å². The van der Waals surface area contributed by atoms with Crippen molar-refractivity contribution in [2.45, 2.75) is 70.8 Å². The SMILES string of the molecule is CC1CC(C)CC(O)(C2=CCCCCC2)C1. The number of aliphatic hydroxyl groups is 1. The molecule has 92 valence electrons. The maximum atomic E-state index is 10.9. The Labute approximate surface area is 99.9 Å². The number of hydrogen-bond acceptors (Lipinski definition) is 1. The van der Waals surface area contributed by atoms with Crippen molar-refractivity contribution in [1.29, 1.82) is 0 Å². The molecule has 2 aliphatic rings. The van der Waals surface area contributed by atoms with E-state index in [0.717, 1.165) is 19.3 Å². The number of rotatable bonds is 1. The number of allylic oxidation sites excluding steroid dienone is 1. The first-order chi connectivity index (χ1) is 7.60. The standard InChI is InChI=1S/C15H26O/c1-12-9-13(2)11-15(16,10-12)14-7-5-3-4-6-8-14/h7,12-13,16H,3-6,8-11H2,1-2H3. The maximum Gasteiger partial charge on any atom is 0.0861 e. The van der Waals surface area contributed by atoms with Crippen LogP contribution in [0.25, 0.3) is 0 Å². The Hall–Kier alpha value is -0.300. The average Bonchev–Trinajstić information content (AvgIpc) is 2.43. The fourth-order valence-electron chi connectivity index (χ4n) is 3.79. The zero-order valence-corrected chi connectivity index (χ0v) is 10.8. The number of hydrogen-bond donors (Lipinski definition) is 1. The van der Waals surface area contributed by atoms with Gasteiger partial charge in [0, 0.05) is 0 Å². The lowest BCUT2D eigenvalue weighted by Crippen LogP contribution is -2.39. The molecule has 2 aliphatic carbocycles. The summed E-state index contributed by atoms with van der Waals surface area (Å²) in [5.74, 6) is 1.36. The van der Waals surface area contributed by atoms with Crippen molar-refractivity contribution >= 4 is 0 Å². The molecule has 0 radical (unpaired) electrons. The van der Waals surface area contributed by atoms with E-state index in [1.807, 2.05) is 0 Å². The van der Waals surface area contributed by atoms with Crippen molar-refractivity contribution in [2.24, 2.45) is 11.8 Å². The van der Waals surface area contributed by atoms with Crippen molar-refractivity contribution in [1.82, 2.24) is 0 Å². The summed E-state index contributed by atoms with van der Waals surface area (Å²) in [5, 5.41) is 10.9. The van der Waals surface area contributed by atoms with Crippen LogP contribution in [0.2, 0.25) is 0 Å². The summed E-state index contributed by atoms with van der Waals surface area (Å²) < 4.78 is 0. The smallest absolute Gasteiger partial charge is 0.0861 e. The van der Waals surface area contributed by atoms with Crippen molar-refractivity contribution in [2.75, 3.05) is 0 Å². The molecule has 1 heteroatoms. The summed E-state index contributed by atoms with van der Waals surface area (Å²) in [5.41, 5.74) is 0.907. The molecular weight excluding hydrogens is 196 g/mol. The van der Waals surface area contributed by atoms with Gasteiger partial charge < -0.3 is 5.11 Å². The predicted octanol–water partition coefficient (Wildman–Crippen LogP) is 4.06. The molecule has 0 aromatic heterocycles. The molecule has 0 spiro atoms. The second-order valence-electron chi connectivity index (χ2n) is 6.21. The van der Waals surface area contributed by atoms with Crippen LogP contribution in [-0.2, 0) is 0 Å². The van der Waals surface area contributed by atoms with Gasteiger partial charge in [-0.3, -0.25) is 0 Å². The van der Waals surface area contributed by atoms with E-state index < -0.39 is 5.60 Å². The van der Waals surface area contributed by atoms with Crippen molar-refractivity contribution in [3.05, 3.63) is 11.6 Å². The summed E-state index contributed by atoms with van der Waals surface area (Å²) in [6.07, 6.45) is 11.8. The first kappa shape index (κ1) is 12.2. The first-order valence-electron chi connectivity index (χ1n) is 7.02. The maximum absolute atomic E-state index is 10.9. The van der Waals surface area contributed by atoms with Gasteiger partial charge in [0.25, 0.3) is 0 Å². The highest BCUT2D eigenvalue weighted by Crippen LogP contribution is 2.42. The van der Waals surface area contributed by atoms with Gasteiger partial charge >= 0.3 is 0 Å². The van der Waals surface area contributed by atoms with E-state index in [2.05, 4.69) is 19.9 Å². The van der Waals surface area contributed by atoms with E-state index in [-0.39, 0.29) is 0 Å². The van der Waals surface area contributed by atoms with Crippen molar-refractivity contribution in [3.63, 3.8) is 0 Å². The molecule has 0 aliphatic heterocycles. The third kappa shape index (κ3) is 2.68. The topological polar surface area (TPSA) is 20.2 Å². The molecule has 2 atom stereocenters. The molecule has 1 nitrogen and oxygen atoms in total. The first-order valence-corrected chi connectivity index (χ1v) is 7.02. The molecule has 1 fully saturated rings. The van der Waals surface area contributed by atoms with E-state index in [9.17, 15) is 5.11 Å². The van der Waals surface area contributed by atoms with Crippen LogP contribution in [0.4, 0.5) is 0 Å². The summed E-state index contributed by atoms with van der Waals surface area (Å²) in [6, 6.07) is 0. The molecule has 2 unspecified atom stereocenters. The van der Waals surface area contributed by atoms with Crippen molar-refractivity contribution in [3.8, 4) is 0 Å². The molecule has 16 heavy (non-hydrogen) atoms. The van der Waals surface area contributed by atoms with Crippen LogP contribution < -0.4 is 0 Å². The van der Waals surface area contributed by atoms with Gasteiger partial charge in [-0.05, 0) is 62.4 Å². The Morgan fingerprint density at radius 1 is 1.12 bits per heavy atom. The van der Waals surface area contributed by atoms with E-state index in [0.29, 0.717) is 11.8 Å². The second kappa shape index (κ2) is 4.91. The summed E-state index contributed by atoms with van der Waals surface area (Å²) in [7, 11) is 0. The Bertz CT molecular complexity index is 257. The van der Waals surface area contributed by atoms with Gasteiger partial charge in [-0.15, -0.1) is 0 Å². The van der Waals surface area contributed by atoms with Gasteiger partial charge in [0.05, 0.1) is 5.60 Å². The molecule has 1 saturated carbocycles. The monoisotopic (exact) mass is 222 g/mol. The summed E-state index contributed by atoms with van der Waals surface area (Å²) in [6.45, 7) is 4.58. The van der Waals surface area contributed by atoms with E-state index >= 15 is 0 Å². The molecule has 0 heterocycles. The van der Waals surface area contributed by atoms with Gasteiger partial charge in [-0.1, -0.05) is 26.3 Å². The molecule has 0 aromatic rings. The van der Waals surface area contributed by atoms with Gasteiger partial charge in [-0.2, -0.15) is 0 Å². The lowest BCUT2D eigenvalue weighted by atomic mass is 9.69. The van der Waals surface area contributed by atoms with Crippen molar-refractivity contribution < 1.29 is 5.11 Å². The molecule has 1 N–H and O–H groups in total. The van der Waals surface area contributed by atoms with Crippen LogP contribution in [0.5, 0.6) is 0 Å². The minimum absolute atomic E-state index is 0.457. The molecule has 0 saturated heterocycles. The van der Waals surface area contributed by atoms with Crippen LogP contribution in [0.1, 0.15) is 65.2 Å². The quantitative estimate of drug-likeness (QED) is 0.663. The van der Waals surface area contributed by atoms with Gasteiger partial charge in [0.15, 0.2) is 0 Å². The molecule has 2 rings (SSSR count). The van der Waals surface area contributed by atoms with Gasteiger partial charge in [0.2, 0.25) is 0 Å². The molecular formula is C15H26O. The largest absolute Gasteiger partial charge is 0.385 e. The minimum Gasteiger partial charge on any atom is -0.385 e.